The predicted molar refractivity (Wildman–Crippen MR) is 69.1 cm³/mol. The van der Waals surface area contributed by atoms with E-state index in [4.69, 9.17) is 30.6 Å². The number of carboxylic acids is 2. The summed E-state index contributed by atoms with van der Waals surface area (Å²) in [5, 5.41) is 50.1. The topological polar surface area (TPSA) is 156 Å². The maximum atomic E-state index is 9.77. The van der Waals surface area contributed by atoms with Gasteiger partial charge in [-0.05, 0) is 12.8 Å². The second kappa shape index (κ2) is 12.8. The van der Waals surface area contributed by atoms with E-state index in [9.17, 15) is 9.59 Å². The van der Waals surface area contributed by atoms with Crippen molar-refractivity contribution in [2.24, 2.45) is 0 Å². The van der Waals surface area contributed by atoms with Gasteiger partial charge in [0.25, 0.3) is 0 Å². The smallest absolute Gasteiger partial charge is 0.335 e. The molecule has 120 valence electrons. The molecule has 0 aromatic heterocycles. The van der Waals surface area contributed by atoms with Gasteiger partial charge in [-0.1, -0.05) is 26.2 Å². The van der Waals surface area contributed by atoms with E-state index >= 15 is 0 Å². The Labute approximate surface area is 117 Å². The quantitative estimate of drug-likeness (QED) is 0.302. The summed E-state index contributed by atoms with van der Waals surface area (Å²) < 4.78 is 0. The molecule has 0 rings (SSSR count). The van der Waals surface area contributed by atoms with Crippen LogP contribution in [0.3, 0.4) is 0 Å². The minimum atomic E-state index is -2.27. The van der Waals surface area contributed by atoms with Gasteiger partial charge in [-0.2, -0.15) is 0 Å². The predicted octanol–water partition coefficient (Wildman–Crippen LogP) is -0.813. The molecule has 3 atom stereocenters. The first-order valence-corrected chi connectivity index (χ1v) is 6.38. The average molecular weight is 296 g/mol. The van der Waals surface area contributed by atoms with Crippen LogP contribution in [0.1, 0.15) is 39.0 Å². The van der Waals surface area contributed by atoms with Gasteiger partial charge in [0, 0.05) is 6.61 Å². The van der Waals surface area contributed by atoms with Gasteiger partial charge in [0.05, 0.1) is 6.10 Å². The van der Waals surface area contributed by atoms with Crippen LogP contribution in [0, 0.1) is 0 Å². The Morgan fingerprint density at radius 2 is 1.35 bits per heavy atom. The van der Waals surface area contributed by atoms with Gasteiger partial charge in [-0.25, -0.2) is 9.59 Å². The van der Waals surface area contributed by atoms with Crippen molar-refractivity contribution >= 4 is 11.9 Å². The monoisotopic (exact) mass is 296 g/mol. The van der Waals surface area contributed by atoms with Crippen LogP contribution in [0.2, 0.25) is 0 Å². The third-order valence-electron chi connectivity index (χ3n) is 2.41. The van der Waals surface area contributed by atoms with Gasteiger partial charge >= 0.3 is 11.9 Å². The molecule has 0 aromatic rings. The summed E-state index contributed by atoms with van der Waals surface area (Å²) in [5.41, 5.74) is 0. The number of aliphatic carboxylic acids is 2. The van der Waals surface area contributed by atoms with Crippen LogP contribution in [0.4, 0.5) is 0 Å². The highest BCUT2D eigenvalue weighted by Crippen LogP contribution is 2.05. The van der Waals surface area contributed by atoms with Gasteiger partial charge < -0.3 is 30.6 Å². The highest BCUT2D eigenvalue weighted by molar-refractivity contribution is 5.83. The number of hydrogen-bond acceptors (Lipinski definition) is 6. The van der Waals surface area contributed by atoms with Crippen molar-refractivity contribution in [3.63, 3.8) is 0 Å². The first kappa shape index (κ1) is 21.1. The zero-order chi connectivity index (χ0) is 16.1. The molecular weight excluding hydrogens is 272 g/mol. The van der Waals surface area contributed by atoms with E-state index in [1.54, 1.807) is 0 Å². The second-order valence-corrected chi connectivity index (χ2v) is 4.23. The number of unbranched alkanes of at least 4 members (excludes halogenated alkanes) is 2. The number of hydrogen-bond donors (Lipinski definition) is 6. The molecule has 0 aromatic carbocycles. The molecule has 0 fully saturated rings. The molecule has 8 nitrogen and oxygen atoms in total. The molecule has 20 heavy (non-hydrogen) atoms. The molecule has 0 spiro atoms. The lowest BCUT2D eigenvalue weighted by atomic mass is 10.1. The first-order chi connectivity index (χ1) is 9.27. The molecule has 0 saturated heterocycles. The normalized spacial score (nSPS) is 14.7. The molecule has 0 aliphatic carbocycles. The van der Waals surface area contributed by atoms with Crippen molar-refractivity contribution in [3.8, 4) is 0 Å². The number of aliphatic hydroxyl groups excluding tert-OH is 4. The number of carbonyl (C=O) groups is 2. The van der Waals surface area contributed by atoms with E-state index in [2.05, 4.69) is 6.92 Å². The Morgan fingerprint density at radius 1 is 0.900 bits per heavy atom. The van der Waals surface area contributed by atoms with Gasteiger partial charge in [0.1, 0.15) is 0 Å². The molecule has 8 heteroatoms. The summed E-state index contributed by atoms with van der Waals surface area (Å²) >= 11 is 0. The fourth-order valence-electron chi connectivity index (χ4n) is 1.19. The van der Waals surface area contributed by atoms with E-state index in [0.29, 0.717) is 6.42 Å². The van der Waals surface area contributed by atoms with Gasteiger partial charge in [-0.15, -0.1) is 0 Å². The fourth-order valence-corrected chi connectivity index (χ4v) is 1.19. The lowest BCUT2D eigenvalue weighted by Gasteiger charge is -2.07. The minimum absolute atomic E-state index is 0.104. The zero-order valence-electron chi connectivity index (χ0n) is 11.5. The number of rotatable bonds is 9. The van der Waals surface area contributed by atoms with E-state index in [-0.39, 0.29) is 12.7 Å². The maximum Gasteiger partial charge on any atom is 0.335 e. The largest absolute Gasteiger partial charge is 0.479 e. The maximum absolute atomic E-state index is 9.77. The van der Waals surface area contributed by atoms with Gasteiger partial charge in [0.2, 0.25) is 0 Å². The van der Waals surface area contributed by atoms with Crippen LogP contribution in [0.15, 0.2) is 0 Å². The number of aliphatic hydroxyl groups is 4. The van der Waals surface area contributed by atoms with Crippen LogP contribution in [0.25, 0.3) is 0 Å². The molecule has 6 N–H and O–H groups in total. The first-order valence-electron chi connectivity index (χ1n) is 6.38. The Kier molecular flexibility index (Phi) is 13.5. The number of carboxylic acid groups (broad SMARTS) is 2. The van der Waals surface area contributed by atoms with Crippen LogP contribution in [-0.2, 0) is 9.59 Å². The van der Waals surface area contributed by atoms with Gasteiger partial charge in [-0.3, -0.25) is 0 Å². The van der Waals surface area contributed by atoms with Crippen molar-refractivity contribution in [1.29, 1.82) is 0 Å². The lowest BCUT2D eigenvalue weighted by molar-refractivity contribution is -0.165. The SMILES string of the molecule is CCCCCC(O)CCO.O=C(O)C(O)C(O)C(=O)O. The van der Waals surface area contributed by atoms with Crippen molar-refractivity contribution in [3.05, 3.63) is 0 Å². The summed E-state index contributed by atoms with van der Waals surface area (Å²) in [4.78, 5) is 19.5. The van der Waals surface area contributed by atoms with Gasteiger partial charge in [0.15, 0.2) is 12.2 Å². The van der Waals surface area contributed by atoms with E-state index in [1.165, 1.54) is 12.8 Å². The van der Waals surface area contributed by atoms with Crippen LogP contribution in [0.5, 0.6) is 0 Å². The van der Waals surface area contributed by atoms with Crippen LogP contribution < -0.4 is 0 Å². The summed E-state index contributed by atoms with van der Waals surface area (Å²) in [6.45, 7) is 2.24. The van der Waals surface area contributed by atoms with Crippen LogP contribution >= 0.6 is 0 Å². The standard InChI is InChI=1S/C8H18O2.C4H6O6/c1-2-3-4-5-8(10)6-7-9;5-1(3(7)8)2(6)4(9)10/h8-10H,2-7H2,1H3;1-2,5-6H,(H,7,8)(H,9,10). The van der Waals surface area contributed by atoms with Crippen LogP contribution in [-0.4, -0.2) is 67.5 Å². The molecule has 0 aliphatic heterocycles. The van der Waals surface area contributed by atoms with Crippen molar-refractivity contribution < 1.29 is 40.2 Å². The van der Waals surface area contributed by atoms with Crippen molar-refractivity contribution in [2.45, 2.75) is 57.3 Å². The van der Waals surface area contributed by atoms with E-state index < -0.39 is 24.1 Å². The highest BCUT2D eigenvalue weighted by atomic mass is 16.4. The zero-order valence-corrected chi connectivity index (χ0v) is 11.5. The fraction of sp³-hybridized carbons (Fsp3) is 0.833. The Hall–Kier alpha value is -1.22. The summed E-state index contributed by atoms with van der Waals surface area (Å²) in [5.74, 6) is -3.54. The Morgan fingerprint density at radius 3 is 1.65 bits per heavy atom. The Bertz CT molecular complexity index is 250. The molecule has 0 aliphatic rings. The van der Waals surface area contributed by atoms with E-state index in [0.717, 1.165) is 12.8 Å². The molecular formula is C12H24O8. The molecule has 3 unspecified atom stereocenters. The molecule has 0 radical (unpaired) electrons. The Balaban J connectivity index is 0. The lowest BCUT2D eigenvalue weighted by Crippen LogP contribution is -2.39. The summed E-state index contributed by atoms with van der Waals surface area (Å²) in [6.07, 6.45) is 0.0101. The third-order valence-corrected chi connectivity index (χ3v) is 2.41. The van der Waals surface area contributed by atoms with Crippen molar-refractivity contribution in [1.82, 2.24) is 0 Å². The summed E-state index contributed by atoms with van der Waals surface area (Å²) in [6, 6.07) is 0. The molecule has 0 heterocycles. The second-order valence-electron chi connectivity index (χ2n) is 4.23. The summed E-state index contributed by atoms with van der Waals surface area (Å²) in [7, 11) is 0. The highest BCUT2D eigenvalue weighted by Gasteiger charge is 2.29. The molecule has 0 saturated carbocycles. The van der Waals surface area contributed by atoms with Crippen molar-refractivity contribution in [2.75, 3.05) is 6.61 Å². The molecule has 0 amide bonds. The third kappa shape index (κ3) is 11.8. The van der Waals surface area contributed by atoms with E-state index in [1.807, 2.05) is 0 Å². The average Bonchev–Trinajstić information content (AvgIpc) is 2.38. The molecule has 0 bridgehead atoms. The minimum Gasteiger partial charge on any atom is -0.479 e.